The van der Waals surface area contributed by atoms with Crippen LogP contribution in [0.4, 0.5) is 0 Å². The number of carbonyl (C=O) groups is 3. The molecule has 0 fully saturated rings. The third-order valence-electron chi connectivity index (χ3n) is 3.74. The van der Waals surface area contributed by atoms with Gasteiger partial charge in [0.25, 0.3) is 0 Å². The number of nitrogen functional groups attached to an aromatic ring is 1. The maximum Gasteiger partial charge on any atom is 0.379 e. The molecule has 0 aliphatic rings. The maximum atomic E-state index is 12.1. The van der Waals surface area contributed by atoms with Crippen LogP contribution in [0, 0.1) is 11.3 Å². The molecule has 0 amide bonds. The number of benzene rings is 1. The van der Waals surface area contributed by atoms with Crippen LogP contribution in [0.3, 0.4) is 0 Å². The molecule has 0 spiro atoms. The number of esters is 1. The molecule has 1 heterocycles. The summed E-state index contributed by atoms with van der Waals surface area (Å²) in [7, 11) is 0. The highest BCUT2D eigenvalue weighted by Crippen LogP contribution is 2.19. The van der Waals surface area contributed by atoms with E-state index in [0.717, 1.165) is 0 Å². The lowest BCUT2D eigenvalue weighted by atomic mass is 9.98. The summed E-state index contributed by atoms with van der Waals surface area (Å²) in [6, 6.07) is 8.82. The smallest absolute Gasteiger partial charge is 0.379 e. The van der Waals surface area contributed by atoms with E-state index in [2.05, 4.69) is 0 Å². The Morgan fingerprint density at radius 2 is 1.78 bits per heavy atom. The Morgan fingerprint density at radius 1 is 1.11 bits per heavy atom. The third kappa shape index (κ3) is 5.70. The number of carboxylic acid groups (broad SMARTS) is 2. The van der Waals surface area contributed by atoms with Crippen LogP contribution in [0.5, 0.6) is 5.75 Å². The Morgan fingerprint density at radius 3 is 2.33 bits per heavy atom. The van der Waals surface area contributed by atoms with Crippen molar-refractivity contribution in [1.29, 1.82) is 5.41 Å². The van der Waals surface area contributed by atoms with E-state index in [4.69, 9.17) is 30.5 Å². The first-order valence-electron chi connectivity index (χ1n) is 7.96. The first-order valence-corrected chi connectivity index (χ1v) is 7.96. The van der Waals surface area contributed by atoms with Gasteiger partial charge >= 0.3 is 17.9 Å². The average Bonchev–Trinajstić information content (AvgIpc) is 3.07. The van der Waals surface area contributed by atoms with E-state index in [1.54, 1.807) is 0 Å². The van der Waals surface area contributed by atoms with E-state index < -0.39 is 23.8 Å². The molecule has 0 aliphatic heterocycles. The minimum absolute atomic E-state index is 0.0385. The van der Waals surface area contributed by atoms with Crippen molar-refractivity contribution in [2.24, 2.45) is 11.7 Å². The molecule has 1 atom stereocenters. The highest BCUT2D eigenvalue weighted by molar-refractivity contribution is 5.95. The standard InChI is InChI=1S/C18H18N2O7/c19-16(20)10-1-4-12(5-2-10)27-18(25)14-7-6-13(26-14)9-11(17(23)24)3-8-15(21)22/h1-2,4-7,11H,3,8-9H2,(H3,19,20)(H,21,22)(H,23,24). The number of aliphatic carboxylic acids is 2. The Hall–Kier alpha value is -3.62. The first-order chi connectivity index (χ1) is 12.8. The van der Waals surface area contributed by atoms with Crippen molar-refractivity contribution in [3.05, 3.63) is 53.5 Å². The van der Waals surface area contributed by atoms with Gasteiger partial charge < -0.3 is 25.1 Å². The molecular formula is C18H18N2O7. The quantitative estimate of drug-likeness (QED) is 0.224. The normalized spacial score (nSPS) is 11.6. The van der Waals surface area contributed by atoms with Crippen molar-refractivity contribution < 1.29 is 33.8 Å². The van der Waals surface area contributed by atoms with Crippen molar-refractivity contribution in [2.45, 2.75) is 19.3 Å². The van der Waals surface area contributed by atoms with Gasteiger partial charge in [-0.2, -0.15) is 0 Å². The number of ether oxygens (including phenoxy) is 1. The molecule has 0 aliphatic carbocycles. The molecule has 9 heteroatoms. The van der Waals surface area contributed by atoms with Crippen LogP contribution in [0.1, 0.15) is 34.7 Å². The van der Waals surface area contributed by atoms with E-state index in [-0.39, 0.29) is 42.4 Å². The topological polar surface area (TPSA) is 164 Å². The number of nitrogens with two attached hydrogens (primary N) is 1. The van der Waals surface area contributed by atoms with Crippen molar-refractivity contribution in [3.63, 3.8) is 0 Å². The molecule has 142 valence electrons. The number of hydrogen-bond donors (Lipinski definition) is 4. The molecule has 5 N–H and O–H groups in total. The summed E-state index contributed by atoms with van der Waals surface area (Å²) in [6.07, 6.45) is -0.361. The van der Waals surface area contributed by atoms with Crippen LogP contribution in [-0.2, 0) is 16.0 Å². The molecule has 1 aromatic heterocycles. The zero-order valence-corrected chi connectivity index (χ0v) is 14.2. The van der Waals surface area contributed by atoms with Gasteiger partial charge in [-0.15, -0.1) is 0 Å². The summed E-state index contributed by atoms with van der Waals surface area (Å²) in [5.41, 5.74) is 5.83. The predicted molar refractivity (Wildman–Crippen MR) is 92.8 cm³/mol. The third-order valence-corrected chi connectivity index (χ3v) is 3.74. The molecule has 27 heavy (non-hydrogen) atoms. The molecule has 0 saturated heterocycles. The highest BCUT2D eigenvalue weighted by Gasteiger charge is 2.22. The van der Waals surface area contributed by atoms with Crippen molar-refractivity contribution >= 4 is 23.7 Å². The van der Waals surface area contributed by atoms with E-state index >= 15 is 0 Å². The monoisotopic (exact) mass is 374 g/mol. The average molecular weight is 374 g/mol. The van der Waals surface area contributed by atoms with Gasteiger partial charge in [0, 0.05) is 18.4 Å². The highest BCUT2D eigenvalue weighted by atomic mass is 16.5. The Labute approximate surface area is 153 Å². The SMILES string of the molecule is N=C(N)c1ccc(OC(=O)c2ccc(CC(CCC(=O)O)C(=O)O)o2)cc1. The van der Waals surface area contributed by atoms with Gasteiger partial charge in [-0.05, 0) is 42.8 Å². The second kappa shape index (κ2) is 8.65. The fraction of sp³-hybridized carbons (Fsp3) is 0.222. The van der Waals surface area contributed by atoms with Gasteiger partial charge in [-0.25, -0.2) is 4.79 Å². The second-order valence-electron chi connectivity index (χ2n) is 5.77. The van der Waals surface area contributed by atoms with E-state index in [1.807, 2.05) is 0 Å². The lowest BCUT2D eigenvalue weighted by Crippen LogP contribution is -2.17. The molecule has 0 radical (unpaired) electrons. The van der Waals surface area contributed by atoms with Gasteiger partial charge in [0.2, 0.25) is 5.76 Å². The van der Waals surface area contributed by atoms with Gasteiger partial charge in [0.05, 0.1) is 5.92 Å². The summed E-state index contributed by atoms with van der Waals surface area (Å²) in [5.74, 6) is -3.67. The Bertz CT molecular complexity index is 855. The number of amidine groups is 1. The predicted octanol–water partition coefficient (Wildman–Crippen LogP) is 1.89. The first kappa shape index (κ1) is 19.7. The Kier molecular flexibility index (Phi) is 6.32. The van der Waals surface area contributed by atoms with Crippen molar-refractivity contribution in [1.82, 2.24) is 0 Å². The van der Waals surface area contributed by atoms with Crippen LogP contribution < -0.4 is 10.5 Å². The molecule has 0 bridgehead atoms. The number of furan rings is 1. The van der Waals surface area contributed by atoms with Crippen LogP contribution >= 0.6 is 0 Å². The zero-order valence-electron chi connectivity index (χ0n) is 14.2. The summed E-state index contributed by atoms with van der Waals surface area (Å²) in [5, 5.41) is 25.2. The summed E-state index contributed by atoms with van der Waals surface area (Å²) < 4.78 is 10.5. The fourth-order valence-electron chi connectivity index (χ4n) is 2.31. The number of carbonyl (C=O) groups excluding carboxylic acids is 1. The molecule has 9 nitrogen and oxygen atoms in total. The molecular weight excluding hydrogens is 356 g/mol. The maximum absolute atomic E-state index is 12.1. The lowest BCUT2D eigenvalue weighted by Gasteiger charge is -2.08. The van der Waals surface area contributed by atoms with Gasteiger partial charge in [0.1, 0.15) is 17.3 Å². The lowest BCUT2D eigenvalue weighted by molar-refractivity contribution is -0.143. The van der Waals surface area contributed by atoms with Gasteiger partial charge in [-0.3, -0.25) is 15.0 Å². The molecule has 2 rings (SSSR count). The molecule has 1 aromatic carbocycles. The van der Waals surface area contributed by atoms with Crippen molar-refractivity contribution in [2.75, 3.05) is 0 Å². The molecule has 1 unspecified atom stereocenters. The number of carboxylic acids is 2. The number of rotatable bonds is 9. The summed E-state index contributed by atoms with van der Waals surface area (Å²) in [6.45, 7) is 0. The Balaban J connectivity index is 2.00. The summed E-state index contributed by atoms with van der Waals surface area (Å²) in [4.78, 5) is 33.9. The van der Waals surface area contributed by atoms with Crippen LogP contribution in [-0.4, -0.2) is 34.0 Å². The molecule has 0 saturated carbocycles. The second-order valence-corrected chi connectivity index (χ2v) is 5.77. The zero-order chi connectivity index (χ0) is 20.0. The minimum Gasteiger partial charge on any atom is -0.481 e. The van der Waals surface area contributed by atoms with Crippen LogP contribution in [0.15, 0.2) is 40.8 Å². The van der Waals surface area contributed by atoms with E-state index in [1.165, 1.54) is 36.4 Å². The fourth-order valence-corrected chi connectivity index (χ4v) is 2.31. The van der Waals surface area contributed by atoms with Crippen molar-refractivity contribution in [3.8, 4) is 5.75 Å². The summed E-state index contributed by atoms with van der Waals surface area (Å²) >= 11 is 0. The van der Waals surface area contributed by atoms with Crippen LogP contribution in [0.2, 0.25) is 0 Å². The number of hydrogen-bond acceptors (Lipinski definition) is 6. The number of nitrogens with one attached hydrogen (secondary N) is 1. The van der Waals surface area contributed by atoms with Crippen LogP contribution in [0.25, 0.3) is 0 Å². The van der Waals surface area contributed by atoms with Gasteiger partial charge in [-0.1, -0.05) is 0 Å². The minimum atomic E-state index is -1.14. The largest absolute Gasteiger partial charge is 0.481 e. The van der Waals surface area contributed by atoms with E-state index in [9.17, 15) is 14.4 Å². The van der Waals surface area contributed by atoms with Gasteiger partial charge in [0.15, 0.2) is 0 Å². The molecule has 2 aromatic rings. The van der Waals surface area contributed by atoms with E-state index in [0.29, 0.717) is 5.56 Å².